The molecule has 1 fully saturated rings. The average Bonchev–Trinajstić information content (AvgIpc) is 2.64. The van der Waals surface area contributed by atoms with Crippen LogP contribution in [0.3, 0.4) is 0 Å². The number of Topliss-reactive ketones (excluding diaryl/α,β-unsaturated/α-hetero) is 1. The van der Waals surface area contributed by atoms with E-state index >= 15 is 0 Å². The van der Waals surface area contributed by atoms with E-state index in [1.165, 1.54) is 6.07 Å². The molecule has 27 heavy (non-hydrogen) atoms. The molecule has 0 saturated heterocycles. The van der Waals surface area contributed by atoms with Crippen molar-refractivity contribution in [1.82, 2.24) is 4.98 Å². The fourth-order valence-corrected chi connectivity index (χ4v) is 5.38. The minimum Gasteiger partial charge on any atom is -0.508 e. The van der Waals surface area contributed by atoms with Crippen molar-refractivity contribution in [1.29, 1.82) is 0 Å². The van der Waals surface area contributed by atoms with E-state index in [0.29, 0.717) is 17.7 Å². The molecular weight excluding hydrogens is 342 g/mol. The molecule has 4 rings (SSSR count). The molecule has 2 aliphatic carbocycles. The number of hydrogen-bond donors (Lipinski definition) is 3. The lowest BCUT2D eigenvalue weighted by molar-refractivity contribution is -0.205. The van der Waals surface area contributed by atoms with Crippen LogP contribution in [0.25, 0.3) is 0 Å². The van der Waals surface area contributed by atoms with E-state index in [0.717, 1.165) is 12.0 Å². The Kier molecular flexibility index (Phi) is 3.95. The molecule has 1 aromatic heterocycles. The number of phenolic OH excluding ortho intramolecular Hbond substituents is 1. The Morgan fingerprint density at radius 3 is 2.67 bits per heavy atom. The maximum Gasteiger partial charge on any atom is 0.163 e. The Bertz CT molecular complexity index is 894. The van der Waals surface area contributed by atoms with Gasteiger partial charge in [-0.1, -0.05) is 19.1 Å². The number of phenols is 1. The summed E-state index contributed by atoms with van der Waals surface area (Å²) >= 11 is 0. The fraction of sp³-hybridized carbons (Fsp3) is 0.455. The van der Waals surface area contributed by atoms with Crippen LogP contribution in [0, 0.1) is 5.92 Å². The zero-order chi connectivity index (χ0) is 19.4. The van der Waals surface area contributed by atoms with E-state index in [-0.39, 0.29) is 30.3 Å². The first-order valence-corrected chi connectivity index (χ1v) is 9.46. The Balaban J connectivity index is 1.87. The molecule has 4 atom stereocenters. The first-order chi connectivity index (χ1) is 12.7. The lowest BCUT2D eigenvalue weighted by Crippen LogP contribution is -2.62. The lowest BCUT2D eigenvalue weighted by Gasteiger charge is -2.58. The molecule has 1 aromatic carbocycles. The number of nitrogens with zero attached hydrogens (tertiary/aromatic N) is 1. The van der Waals surface area contributed by atoms with Gasteiger partial charge in [-0.3, -0.25) is 9.78 Å². The summed E-state index contributed by atoms with van der Waals surface area (Å²) in [5.41, 5.74) is -1.53. The molecule has 2 aliphatic rings. The van der Waals surface area contributed by atoms with Gasteiger partial charge in [-0.25, -0.2) is 0 Å². The number of aromatic hydroxyl groups is 1. The molecule has 2 unspecified atom stereocenters. The summed E-state index contributed by atoms with van der Waals surface area (Å²) < 4.78 is 0. The second-order valence-electron chi connectivity index (χ2n) is 8.29. The van der Waals surface area contributed by atoms with Crippen molar-refractivity contribution in [3.05, 3.63) is 59.4 Å². The maximum absolute atomic E-state index is 12.8. The minimum atomic E-state index is -1.52. The number of ketones is 1. The number of rotatable bonds is 2. The number of pyridine rings is 1. The number of carbonyl (C=O) groups is 1. The van der Waals surface area contributed by atoms with Crippen molar-refractivity contribution < 1.29 is 20.1 Å². The highest BCUT2D eigenvalue weighted by Crippen LogP contribution is 2.59. The zero-order valence-electron chi connectivity index (χ0n) is 15.6. The molecule has 5 nitrogen and oxygen atoms in total. The van der Waals surface area contributed by atoms with Crippen LogP contribution in [0.2, 0.25) is 0 Å². The quantitative estimate of drug-likeness (QED) is 0.759. The second-order valence-corrected chi connectivity index (χ2v) is 8.29. The Morgan fingerprint density at radius 1 is 1.22 bits per heavy atom. The number of carbonyl (C=O) groups excluding carboxylic acids is 1. The zero-order valence-corrected chi connectivity index (χ0v) is 15.6. The number of fused-ring (bicyclic) bond motifs is 3. The summed E-state index contributed by atoms with van der Waals surface area (Å²) in [4.78, 5) is 17.1. The monoisotopic (exact) mass is 367 g/mol. The van der Waals surface area contributed by atoms with Crippen molar-refractivity contribution in [3.8, 4) is 5.75 Å². The molecular formula is C22H25NO4. The van der Waals surface area contributed by atoms with E-state index in [4.69, 9.17) is 0 Å². The highest BCUT2D eigenvalue weighted by molar-refractivity contribution is 6.00. The minimum absolute atomic E-state index is 0.0279. The molecule has 1 heterocycles. The normalized spacial score (nSPS) is 35.4. The van der Waals surface area contributed by atoms with Gasteiger partial charge in [0.05, 0.1) is 11.3 Å². The van der Waals surface area contributed by atoms with Gasteiger partial charge in [-0.15, -0.1) is 0 Å². The van der Waals surface area contributed by atoms with Crippen molar-refractivity contribution in [2.45, 2.75) is 56.1 Å². The van der Waals surface area contributed by atoms with Crippen LogP contribution < -0.4 is 0 Å². The van der Waals surface area contributed by atoms with E-state index in [1.807, 2.05) is 0 Å². The van der Waals surface area contributed by atoms with Gasteiger partial charge in [-0.05, 0) is 61.9 Å². The van der Waals surface area contributed by atoms with Gasteiger partial charge in [0, 0.05) is 23.6 Å². The third-order valence-electron chi connectivity index (χ3n) is 6.87. The van der Waals surface area contributed by atoms with Crippen LogP contribution >= 0.6 is 0 Å². The van der Waals surface area contributed by atoms with Gasteiger partial charge < -0.3 is 15.3 Å². The number of hydrogen-bond acceptors (Lipinski definition) is 5. The van der Waals surface area contributed by atoms with Crippen molar-refractivity contribution >= 4 is 5.78 Å². The third-order valence-corrected chi connectivity index (χ3v) is 6.87. The van der Waals surface area contributed by atoms with Crippen LogP contribution in [-0.2, 0) is 11.0 Å². The first kappa shape index (κ1) is 18.1. The largest absolute Gasteiger partial charge is 0.508 e. The topological polar surface area (TPSA) is 90.7 Å². The van der Waals surface area contributed by atoms with Gasteiger partial charge in [0.25, 0.3) is 0 Å². The van der Waals surface area contributed by atoms with Gasteiger partial charge in [0.15, 0.2) is 5.78 Å². The van der Waals surface area contributed by atoms with Crippen molar-refractivity contribution in [2.24, 2.45) is 5.92 Å². The Morgan fingerprint density at radius 2 is 2.00 bits per heavy atom. The van der Waals surface area contributed by atoms with Gasteiger partial charge in [0.1, 0.15) is 11.4 Å². The fourth-order valence-electron chi connectivity index (χ4n) is 5.38. The SMILES string of the molecule is CC[C@@]12CC(C)(O)C(O)(c3ccccn3)C[C@H]1CC(=O)c1cc(O)ccc12. The van der Waals surface area contributed by atoms with E-state index in [2.05, 4.69) is 11.9 Å². The van der Waals surface area contributed by atoms with Gasteiger partial charge in [-0.2, -0.15) is 0 Å². The summed E-state index contributed by atoms with van der Waals surface area (Å²) in [6.07, 6.45) is 3.21. The molecule has 0 bridgehead atoms. The number of aliphatic hydroxyl groups is 2. The predicted molar refractivity (Wildman–Crippen MR) is 101 cm³/mol. The molecule has 1 saturated carbocycles. The molecule has 0 aliphatic heterocycles. The van der Waals surface area contributed by atoms with E-state index in [9.17, 15) is 20.1 Å². The third kappa shape index (κ3) is 2.45. The molecule has 2 aromatic rings. The van der Waals surface area contributed by atoms with Crippen LogP contribution in [0.4, 0.5) is 0 Å². The smallest absolute Gasteiger partial charge is 0.163 e. The van der Waals surface area contributed by atoms with Crippen LogP contribution in [0.1, 0.15) is 61.1 Å². The van der Waals surface area contributed by atoms with E-state index < -0.39 is 16.6 Å². The summed E-state index contributed by atoms with van der Waals surface area (Å²) in [5, 5.41) is 32.8. The molecule has 142 valence electrons. The standard InChI is InChI=1S/C22H25NO4/c1-3-21-13-20(2,26)22(27,19-6-4-5-9-23-19)12-14(21)10-18(25)16-11-15(24)7-8-17(16)21/h4-9,11,14,24,26-27H,3,10,12-13H2,1-2H3/t14-,20?,21-,22?/m1/s1. The first-order valence-electron chi connectivity index (χ1n) is 9.46. The summed E-state index contributed by atoms with van der Waals surface area (Å²) in [6, 6.07) is 10.2. The summed E-state index contributed by atoms with van der Waals surface area (Å²) in [6.45, 7) is 3.71. The van der Waals surface area contributed by atoms with Gasteiger partial charge >= 0.3 is 0 Å². The number of benzene rings is 1. The maximum atomic E-state index is 12.8. The summed E-state index contributed by atoms with van der Waals surface area (Å²) in [5.74, 6) is -0.0708. The predicted octanol–water partition coefficient (Wildman–Crippen LogP) is 3.07. The van der Waals surface area contributed by atoms with Crippen LogP contribution in [0.15, 0.2) is 42.6 Å². The van der Waals surface area contributed by atoms with Crippen molar-refractivity contribution in [3.63, 3.8) is 0 Å². The second kappa shape index (κ2) is 5.88. The molecule has 5 heteroatoms. The molecule has 0 radical (unpaired) electrons. The number of aromatic nitrogens is 1. The average molecular weight is 367 g/mol. The van der Waals surface area contributed by atoms with Crippen LogP contribution in [0.5, 0.6) is 5.75 Å². The van der Waals surface area contributed by atoms with Gasteiger partial charge in [0.2, 0.25) is 0 Å². The molecule has 3 N–H and O–H groups in total. The molecule has 0 spiro atoms. The van der Waals surface area contributed by atoms with Crippen molar-refractivity contribution in [2.75, 3.05) is 0 Å². The summed E-state index contributed by atoms with van der Waals surface area (Å²) in [7, 11) is 0. The van der Waals surface area contributed by atoms with Crippen LogP contribution in [-0.4, -0.2) is 31.7 Å². The molecule has 0 amide bonds. The highest BCUT2D eigenvalue weighted by atomic mass is 16.4. The lowest BCUT2D eigenvalue weighted by atomic mass is 9.49. The Hall–Kier alpha value is -2.24. The Labute approximate surface area is 158 Å². The highest BCUT2D eigenvalue weighted by Gasteiger charge is 2.62. The van der Waals surface area contributed by atoms with E-state index in [1.54, 1.807) is 43.5 Å².